The van der Waals surface area contributed by atoms with Crippen molar-refractivity contribution in [1.29, 1.82) is 0 Å². The van der Waals surface area contributed by atoms with E-state index in [-0.39, 0.29) is 0 Å². The topological polar surface area (TPSA) is 21.3 Å². The lowest BCUT2D eigenvalue weighted by molar-refractivity contribution is 0.184. The van der Waals surface area contributed by atoms with Gasteiger partial charge < -0.3 is 10.1 Å². The molecule has 1 aromatic carbocycles. The van der Waals surface area contributed by atoms with Crippen LogP contribution in [0.2, 0.25) is 0 Å². The van der Waals surface area contributed by atoms with Gasteiger partial charge in [-0.2, -0.15) is 0 Å². The molecule has 1 N–H and O–H groups in total. The van der Waals surface area contributed by atoms with Crippen LogP contribution >= 0.6 is 15.9 Å². The molecule has 0 fully saturated rings. The maximum atomic E-state index is 5.15. The first-order chi connectivity index (χ1) is 7.17. The summed E-state index contributed by atoms with van der Waals surface area (Å²) in [5, 5.41) is 3.44. The molecule has 0 amide bonds. The molecule has 1 aromatic rings. The smallest absolute Gasteiger partial charge is 0.0663 e. The average Bonchev–Trinajstić information content (AvgIpc) is 2.23. The summed E-state index contributed by atoms with van der Waals surface area (Å²) in [6, 6.07) is 6.68. The molecular formula is C12H18BrNO. The Morgan fingerprint density at radius 3 is 2.73 bits per heavy atom. The molecule has 0 aliphatic carbocycles. The SMILES string of the molecule is CCC(COC)Nc1ccc(C)c(Br)c1. The zero-order valence-corrected chi connectivity index (χ0v) is 11.1. The first kappa shape index (κ1) is 12.5. The van der Waals surface area contributed by atoms with Crippen LogP contribution in [0.4, 0.5) is 5.69 Å². The van der Waals surface area contributed by atoms with E-state index in [0.29, 0.717) is 6.04 Å². The van der Waals surface area contributed by atoms with E-state index >= 15 is 0 Å². The molecule has 0 radical (unpaired) electrons. The van der Waals surface area contributed by atoms with Crippen LogP contribution < -0.4 is 5.32 Å². The fourth-order valence-electron chi connectivity index (χ4n) is 1.38. The van der Waals surface area contributed by atoms with Crippen LogP contribution in [0.25, 0.3) is 0 Å². The van der Waals surface area contributed by atoms with Gasteiger partial charge in [-0.1, -0.05) is 28.9 Å². The Kier molecular flexibility index (Phi) is 5.12. The molecule has 0 aliphatic rings. The van der Waals surface area contributed by atoms with Crippen LogP contribution in [0.1, 0.15) is 18.9 Å². The third-order valence-corrected chi connectivity index (χ3v) is 3.26. The van der Waals surface area contributed by atoms with Crippen molar-refractivity contribution in [2.75, 3.05) is 19.0 Å². The zero-order valence-electron chi connectivity index (χ0n) is 9.51. The van der Waals surface area contributed by atoms with Crippen molar-refractivity contribution in [2.24, 2.45) is 0 Å². The van der Waals surface area contributed by atoms with Crippen molar-refractivity contribution in [2.45, 2.75) is 26.3 Å². The van der Waals surface area contributed by atoms with Crippen LogP contribution in [0.5, 0.6) is 0 Å². The Labute approximate surface area is 100 Å². The van der Waals surface area contributed by atoms with Gasteiger partial charge in [-0.05, 0) is 31.0 Å². The lowest BCUT2D eigenvalue weighted by Crippen LogP contribution is -2.23. The third kappa shape index (κ3) is 3.84. The molecule has 15 heavy (non-hydrogen) atoms. The number of ether oxygens (including phenoxy) is 1. The minimum atomic E-state index is 0.379. The number of rotatable bonds is 5. The van der Waals surface area contributed by atoms with Gasteiger partial charge in [0.1, 0.15) is 0 Å². The summed E-state index contributed by atoms with van der Waals surface area (Å²) in [6.07, 6.45) is 1.05. The van der Waals surface area contributed by atoms with Gasteiger partial charge in [-0.3, -0.25) is 0 Å². The second-order valence-corrected chi connectivity index (χ2v) is 4.52. The van der Waals surface area contributed by atoms with Crippen LogP contribution in [-0.4, -0.2) is 19.8 Å². The number of halogens is 1. The second-order valence-electron chi connectivity index (χ2n) is 3.67. The number of benzene rings is 1. The third-order valence-electron chi connectivity index (χ3n) is 2.40. The van der Waals surface area contributed by atoms with E-state index in [0.717, 1.165) is 23.2 Å². The molecule has 1 atom stereocenters. The van der Waals surface area contributed by atoms with Gasteiger partial charge in [-0.25, -0.2) is 0 Å². The van der Waals surface area contributed by atoms with Gasteiger partial charge in [0, 0.05) is 23.3 Å². The number of hydrogen-bond donors (Lipinski definition) is 1. The van der Waals surface area contributed by atoms with Gasteiger partial charge in [0.2, 0.25) is 0 Å². The minimum Gasteiger partial charge on any atom is -0.383 e. The Balaban J connectivity index is 2.66. The summed E-state index contributed by atoms with van der Waals surface area (Å²) in [4.78, 5) is 0. The molecule has 3 heteroatoms. The summed E-state index contributed by atoms with van der Waals surface area (Å²) in [5.74, 6) is 0. The molecule has 0 bridgehead atoms. The molecule has 2 nitrogen and oxygen atoms in total. The van der Waals surface area contributed by atoms with Crippen molar-refractivity contribution in [3.63, 3.8) is 0 Å². The number of anilines is 1. The van der Waals surface area contributed by atoms with Crippen molar-refractivity contribution < 1.29 is 4.74 Å². The van der Waals surface area contributed by atoms with Crippen LogP contribution in [0.3, 0.4) is 0 Å². The highest BCUT2D eigenvalue weighted by molar-refractivity contribution is 9.10. The first-order valence-corrected chi connectivity index (χ1v) is 5.98. The lowest BCUT2D eigenvalue weighted by Gasteiger charge is -2.17. The number of methoxy groups -OCH3 is 1. The highest BCUT2D eigenvalue weighted by Crippen LogP contribution is 2.21. The first-order valence-electron chi connectivity index (χ1n) is 5.19. The van der Waals surface area contributed by atoms with Gasteiger partial charge in [0.25, 0.3) is 0 Å². The molecule has 0 heterocycles. The van der Waals surface area contributed by atoms with E-state index in [2.05, 4.69) is 53.3 Å². The number of aryl methyl sites for hydroxylation is 1. The summed E-state index contributed by atoms with van der Waals surface area (Å²) in [5.41, 5.74) is 2.39. The maximum absolute atomic E-state index is 5.15. The largest absolute Gasteiger partial charge is 0.383 e. The summed E-state index contributed by atoms with van der Waals surface area (Å²) in [6.45, 7) is 4.97. The highest BCUT2D eigenvalue weighted by Gasteiger charge is 2.05. The quantitative estimate of drug-likeness (QED) is 0.884. The number of hydrogen-bond acceptors (Lipinski definition) is 2. The monoisotopic (exact) mass is 271 g/mol. The van der Waals surface area contributed by atoms with Gasteiger partial charge in [0.15, 0.2) is 0 Å². The molecule has 1 rings (SSSR count). The van der Waals surface area contributed by atoms with E-state index in [1.165, 1.54) is 5.56 Å². The Hall–Kier alpha value is -0.540. The van der Waals surface area contributed by atoms with Crippen LogP contribution in [0.15, 0.2) is 22.7 Å². The fourth-order valence-corrected chi connectivity index (χ4v) is 1.76. The van der Waals surface area contributed by atoms with Crippen molar-refractivity contribution in [1.82, 2.24) is 0 Å². The molecule has 1 unspecified atom stereocenters. The predicted molar refractivity (Wildman–Crippen MR) is 68.5 cm³/mol. The Morgan fingerprint density at radius 1 is 1.47 bits per heavy atom. The number of nitrogens with one attached hydrogen (secondary N) is 1. The van der Waals surface area contributed by atoms with Crippen molar-refractivity contribution in [3.8, 4) is 0 Å². The molecule has 0 spiro atoms. The van der Waals surface area contributed by atoms with E-state index in [4.69, 9.17) is 4.74 Å². The van der Waals surface area contributed by atoms with Crippen molar-refractivity contribution >= 4 is 21.6 Å². The Morgan fingerprint density at radius 2 is 2.20 bits per heavy atom. The highest BCUT2D eigenvalue weighted by atomic mass is 79.9. The van der Waals surface area contributed by atoms with Crippen LogP contribution in [0, 0.1) is 6.92 Å². The van der Waals surface area contributed by atoms with Gasteiger partial charge in [0.05, 0.1) is 6.61 Å². The normalized spacial score (nSPS) is 12.5. The molecule has 0 saturated heterocycles. The van der Waals surface area contributed by atoms with Crippen molar-refractivity contribution in [3.05, 3.63) is 28.2 Å². The predicted octanol–water partition coefficient (Wildman–Crippen LogP) is 3.59. The molecule has 0 aromatic heterocycles. The summed E-state index contributed by atoms with van der Waals surface area (Å²) in [7, 11) is 1.73. The fraction of sp³-hybridized carbons (Fsp3) is 0.500. The van der Waals surface area contributed by atoms with E-state index in [1.54, 1.807) is 7.11 Å². The maximum Gasteiger partial charge on any atom is 0.0663 e. The molecule has 84 valence electrons. The lowest BCUT2D eigenvalue weighted by atomic mass is 10.2. The summed E-state index contributed by atoms with van der Waals surface area (Å²) >= 11 is 3.53. The standard InChI is InChI=1S/C12H18BrNO/c1-4-10(8-15-3)14-11-6-5-9(2)12(13)7-11/h5-7,10,14H,4,8H2,1-3H3. The van der Waals surface area contributed by atoms with Crippen LogP contribution in [-0.2, 0) is 4.74 Å². The van der Waals surface area contributed by atoms with E-state index < -0.39 is 0 Å². The van der Waals surface area contributed by atoms with Gasteiger partial charge >= 0.3 is 0 Å². The molecule has 0 aliphatic heterocycles. The second kappa shape index (κ2) is 6.13. The van der Waals surface area contributed by atoms with E-state index in [9.17, 15) is 0 Å². The van der Waals surface area contributed by atoms with Gasteiger partial charge in [-0.15, -0.1) is 0 Å². The average molecular weight is 272 g/mol. The zero-order chi connectivity index (χ0) is 11.3. The minimum absolute atomic E-state index is 0.379. The molecular weight excluding hydrogens is 254 g/mol. The summed E-state index contributed by atoms with van der Waals surface area (Å²) < 4.78 is 6.29. The van der Waals surface area contributed by atoms with E-state index in [1.807, 2.05) is 0 Å². The Bertz CT molecular complexity index is 314. The molecule has 0 saturated carbocycles.